The fraction of sp³-hybridized carbons (Fsp3) is 0.556. The number of carbonyl (C=O) groups excluding carboxylic acids is 1. The van der Waals surface area contributed by atoms with E-state index in [-0.39, 0.29) is 23.0 Å². The van der Waals surface area contributed by atoms with Crippen molar-refractivity contribution >= 4 is 29.7 Å². The third kappa shape index (κ3) is 5.47. The standard InChI is InChI=1S/C18H26N4O7/c1-10-8-21(9-11(14(10)23)20-15(24)29-18(2,3)4)12-5-6-19-7-13(12)22(16(25)26)17(27)28/h5-7,10-11,14,23H,8-9H2,1-4H3,(H,20,24)(H,25,26)(H,27,28)/t10-,11+,14+/m0/s1. The second-order valence-electron chi connectivity index (χ2n) is 7.89. The predicted octanol–water partition coefficient (Wildman–Crippen LogP) is 1.95. The van der Waals surface area contributed by atoms with Crippen LogP contribution in [0.2, 0.25) is 0 Å². The van der Waals surface area contributed by atoms with Crippen LogP contribution >= 0.6 is 0 Å². The molecule has 0 spiro atoms. The molecule has 1 aliphatic rings. The van der Waals surface area contributed by atoms with E-state index >= 15 is 0 Å². The summed E-state index contributed by atoms with van der Waals surface area (Å²) >= 11 is 0. The molecule has 11 nitrogen and oxygen atoms in total. The molecular weight excluding hydrogens is 384 g/mol. The lowest BCUT2D eigenvalue weighted by Gasteiger charge is -2.42. The highest BCUT2D eigenvalue weighted by Crippen LogP contribution is 2.32. The van der Waals surface area contributed by atoms with E-state index in [1.807, 2.05) is 0 Å². The van der Waals surface area contributed by atoms with Gasteiger partial charge in [0.05, 0.1) is 24.0 Å². The quantitative estimate of drug-likeness (QED) is 0.585. The third-order valence-electron chi connectivity index (χ3n) is 4.36. The van der Waals surface area contributed by atoms with Crippen LogP contribution in [0.3, 0.4) is 0 Å². The summed E-state index contributed by atoms with van der Waals surface area (Å²) in [7, 11) is 0. The van der Waals surface area contributed by atoms with Crippen LogP contribution < -0.4 is 15.1 Å². The number of imide groups is 1. The molecule has 3 atom stereocenters. The van der Waals surface area contributed by atoms with Gasteiger partial charge in [0.25, 0.3) is 0 Å². The molecule has 0 saturated carbocycles. The number of nitrogens with one attached hydrogen (secondary N) is 1. The number of nitrogens with zero attached hydrogens (tertiary/aromatic N) is 3. The molecule has 0 bridgehead atoms. The Balaban J connectivity index is 2.30. The minimum Gasteiger partial charge on any atom is -0.464 e. The molecule has 1 aromatic rings. The van der Waals surface area contributed by atoms with Crippen molar-refractivity contribution in [1.29, 1.82) is 0 Å². The highest BCUT2D eigenvalue weighted by Gasteiger charge is 2.37. The molecule has 2 rings (SSSR count). The second kappa shape index (κ2) is 8.52. The van der Waals surface area contributed by atoms with Crippen molar-refractivity contribution in [3.63, 3.8) is 0 Å². The number of piperidine rings is 1. The van der Waals surface area contributed by atoms with E-state index in [9.17, 15) is 29.7 Å². The summed E-state index contributed by atoms with van der Waals surface area (Å²) in [5.41, 5.74) is -0.539. The van der Waals surface area contributed by atoms with Crippen molar-refractivity contribution in [3.05, 3.63) is 18.5 Å². The number of amides is 3. The Kier molecular flexibility index (Phi) is 6.52. The minimum atomic E-state index is -1.67. The van der Waals surface area contributed by atoms with Crippen molar-refractivity contribution in [1.82, 2.24) is 10.3 Å². The molecule has 0 unspecified atom stereocenters. The van der Waals surface area contributed by atoms with Crippen molar-refractivity contribution in [2.24, 2.45) is 5.92 Å². The number of carbonyl (C=O) groups is 3. The van der Waals surface area contributed by atoms with Crippen molar-refractivity contribution in [3.8, 4) is 0 Å². The zero-order valence-corrected chi connectivity index (χ0v) is 16.7. The lowest BCUT2D eigenvalue weighted by molar-refractivity contribution is 0.0303. The lowest BCUT2D eigenvalue weighted by atomic mass is 9.92. The van der Waals surface area contributed by atoms with Crippen LogP contribution in [0.15, 0.2) is 18.5 Å². The Labute approximate surface area is 167 Å². The lowest BCUT2D eigenvalue weighted by Crippen LogP contribution is -2.59. The van der Waals surface area contributed by atoms with Gasteiger partial charge in [0.2, 0.25) is 0 Å². The predicted molar refractivity (Wildman–Crippen MR) is 103 cm³/mol. The number of ether oxygens (including phenoxy) is 1. The molecule has 2 heterocycles. The maximum Gasteiger partial charge on any atom is 0.421 e. The summed E-state index contributed by atoms with van der Waals surface area (Å²) in [5.74, 6) is -0.298. The van der Waals surface area contributed by atoms with Crippen LogP contribution in [0.1, 0.15) is 27.7 Å². The van der Waals surface area contributed by atoms with Gasteiger partial charge in [-0.3, -0.25) is 4.98 Å². The Bertz CT molecular complexity index is 766. The molecule has 4 N–H and O–H groups in total. The van der Waals surface area contributed by atoms with E-state index in [1.165, 1.54) is 12.3 Å². The van der Waals surface area contributed by atoms with Crippen LogP contribution in [0.4, 0.5) is 25.8 Å². The average molecular weight is 410 g/mol. The number of anilines is 2. The number of pyridine rings is 1. The average Bonchev–Trinajstić information content (AvgIpc) is 2.57. The largest absolute Gasteiger partial charge is 0.464 e. The van der Waals surface area contributed by atoms with Gasteiger partial charge in [-0.2, -0.15) is 4.90 Å². The van der Waals surface area contributed by atoms with Gasteiger partial charge in [0.15, 0.2) is 0 Å². The zero-order chi connectivity index (χ0) is 21.9. The fourth-order valence-corrected chi connectivity index (χ4v) is 3.17. The van der Waals surface area contributed by atoms with E-state index in [4.69, 9.17) is 4.74 Å². The van der Waals surface area contributed by atoms with Crippen molar-refractivity contribution < 1.29 is 34.4 Å². The number of carboxylic acid groups (broad SMARTS) is 2. The maximum absolute atomic E-state index is 12.1. The first-order valence-electron chi connectivity index (χ1n) is 9.03. The molecule has 0 radical (unpaired) electrons. The summed E-state index contributed by atoms with van der Waals surface area (Å²) in [6.07, 6.45) is -2.33. The van der Waals surface area contributed by atoms with E-state index in [0.717, 1.165) is 6.20 Å². The smallest absolute Gasteiger partial charge is 0.421 e. The third-order valence-corrected chi connectivity index (χ3v) is 4.36. The van der Waals surface area contributed by atoms with Gasteiger partial charge in [0, 0.05) is 25.2 Å². The van der Waals surface area contributed by atoms with Gasteiger partial charge in [-0.15, -0.1) is 0 Å². The van der Waals surface area contributed by atoms with Gasteiger partial charge >= 0.3 is 18.3 Å². The van der Waals surface area contributed by atoms with Crippen molar-refractivity contribution in [2.75, 3.05) is 22.9 Å². The summed E-state index contributed by atoms with van der Waals surface area (Å²) in [6.45, 7) is 7.36. The Morgan fingerprint density at radius 2 is 1.86 bits per heavy atom. The molecule has 1 aliphatic heterocycles. The highest BCUT2D eigenvalue weighted by molar-refractivity contribution is 6.10. The molecular formula is C18H26N4O7. The molecule has 0 aliphatic carbocycles. The Morgan fingerprint density at radius 1 is 1.24 bits per heavy atom. The van der Waals surface area contributed by atoms with Gasteiger partial charge in [-0.25, -0.2) is 14.4 Å². The van der Waals surface area contributed by atoms with Gasteiger partial charge in [0.1, 0.15) is 11.3 Å². The summed E-state index contributed by atoms with van der Waals surface area (Å²) in [5, 5.41) is 31.7. The molecule has 1 aromatic heterocycles. The first-order chi connectivity index (χ1) is 13.4. The minimum absolute atomic E-state index is 0.120. The Morgan fingerprint density at radius 3 is 2.41 bits per heavy atom. The van der Waals surface area contributed by atoms with Crippen LogP contribution in [-0.2, 0) is 4.74 Å². The molecule has 160 valence electrons. The topological polar surface area (TPSA) is 153 Å². The SMILES string of the molecule is C[C@H]1CN(c2ccncc2N(C(=O)O)C(=O)O)C[C@@H](NC(=O)OC(C)(C)C)[C@@H]1O. The van der Waals surface area contributed by atoms with Crippen LogP contribution in [0.25, 0.3) is 0 Å². The van der Waals surface area contributed by atoms with Crippen LogP contribution in [0, 0.1) is 5.92 Å². The summed E-state index contributed by atoms with van der Waals surface area (Å²) in [6, 6.07) is 0.779. The number of hydrogen-bond acceptors (Lipinski definition) is 7. The first-order valence-corrected chi connectivity index (χ1v) is 9.03. The monoisotopic (exact) mass is 410 g/mol. The maximum atomic E-state index is 12.1. The highest BCUT2D eigenvalue weighted by atomic mass is 16.6. The fourth-order valence-electron chi connectivity index (χ4n) is 3.17. The molecule has 1 fully saturated rings. The van der Waals surface area contributed by atoms with Gasteiger partial charge < -0.3 is 30.3 Å². The van der Waals surface area contributed by atoms with Crippen LogP contribution in [0.5, 0.6) is 0 Å². The summed E-state index contributed by atoms with van der Waals surface area (Å²) < 4.78 is 5.24. The van der Waals surface area contributed by atoms with E-state index in [1.54, 1.807) is 32.6 Å². The number of alkyl carbamates (subject to hydrolysis) is 1. The number of aliphatic hydroxyl groups is 1. The summed E-state index contributed by atoms with van der Waals surface area (Å²) in [4.78, 5) is 40.7. The number of rotatable bonds is 3. The second-order valence-corrected chi connectivity index (χ2v) is 7.89. The number of hydrogen-bond donors (Lipinski definition) is 4. The zero-order valence-electron chi connectivity index (χ0n) is 16.7. The van der Waals surface area contributed by atoms with E-state index in [2.05, 4.69) is 10.3 Å². The molecule has 1 saturated heterocycles. The van der Waals surface area contributed by atoms with E-state index in [0.29, 0.717) is 12.2 Å². The number of aliphatic hydroxyl groups excluding tert-OH is 1. The molecule has 29 heavy (non-hydrogen) atoms. The van der Waals surface area contributed by atoms with Crippen LogP contribution in [-0.4, -0.2) is 69.4 Å². The van der Waals surface area contributed by atoms with Crippen molar-refractivity contribution in [2.45, 2.75) is 45.4 Å². The molecule has 11 heteroatoms. The Hall–Kier alpha value is -3.08. The van der Waals surface area contributed by atoms with Gasteiger partial charge in [-0.05, 0) is 26.8 Å². The molecule has 3 amide bonds. The van der Waals surface area contributed by atoms with E-state index < -0.39 is 36.0 Å². The van der Waals surface area contributed by atoms with Gasteiger partial charge in [-0.1, -0.05) is 6.92 Å². The number of aromatic nitrogens is 1. The normalized spacial score (nSPS) is 22.0. The molecule has 0 aromatic carbocycles. The first kappa shape index (κ1) is 22.2.